The summed E-state index contributed by atoms with van der Waals surface area (Å²) in [6.07, 6.45) is 4.26. The summed E-state index contributed by atoms with van der Waals surface area (Å²) in [5.41, 5.74) is 5.60. The van der Waals surface area contributed by atoms with E-state index < -0.39 is 0 Å². The molecule has 2 rings (SSSR count). The van der Waals surface area contributed by atoms with Crippen LogP contribution in [0.3, 0.4) is 0 Å². The summed E-state index contributed by atoms with van der Waals surface area (Å²) in [5.74, 6) is 2.10. The van der Waals surface area contributed by atoms with Gasteiger partial charge in [0.05, 0.1) is 6.54 Å². The smallest absolute Gasteiger partial charge is 0.144 e. The van der Waals surface area contributed by atoms with Crippen molar-refractivity contribution in [1.29, 1.82) is 0 Å². The maximum Gasteiger partial charge on any atom is 0.144 e. The molecule has 0 spiro atoms. The molecule has 17 heavy (non-hydrogen) atoms. The van der Waals surface area contributed by atoms with E-state index in [1.165, 1.54) is 25.9 Å². The van der Waals surface area contributed by atoms with Gasteiger partial charge in [0.2, 0.25) is 0 Å². The Kier molecular flexibility index (Phi) is 4.28. The standard InChI is InChI=1S/C12H21N5/c1-17-6-3-10(4-7-17)8-14-9-12-15-5-2-11(13)16-12/h2,5,10,14H,3-4,6-9H2,1H3,(H2,13,15,16). The van der Waals surface area contributed by atoms with Gasteiger partial charge in [0.25, 0.3) is 0 Å². The van der Waals surface area contributed by atoms with Crippen molar-refractivity contribution in [2.24, 2.45) is 5.92 Å². The minimum atomic E-state index is 0.538. The molecule has 2 heterocycles. The van der Waals surface area contributed by atoms with Crippen LogP contribution in [-0.4, -0.2) is 41.5 Å². The van der Waals surface area contributed by atoms with Crippen LogP contribution < -0.4 is 11.1 Å². The Balaban J connectivity index is 1.69. The molecule has 5 heteroatoms. The number of hydrogen-bond donors (Lipinski definition) is 2. The van der Waals surface area contributed by atoms with Gasteiger partial charge in [-0.05, 0) is 51.5 Å². The van der Waals surface area contributed by atoms with Gasteiger partial charge in [-0.3, -0.25) is 0 Å². The second kappa shape index (κ2) is 5.93. The van der Waals surface area contributed by atoms with Crippen molar-refractivity contribution in [2.45, 2.75) is 19.4 Å². The van der Waals surface area contributed by atoms with E-state index >= 15 is 0 Å². The molecule has 3 N–H and O–H groups in total. The molecule has 0 unspecified atom stereocenters. The Morgan fingerprint density at radius 3 is 2.94 bits per heavy atom. The number of likely N-dealkylation sites (tertiary alicyclic amines) is 1. The minimum Gasteiger partial charge on any atom is -0.384 e. The summed E-state index contributed by atoms with van der Waals surface area (Å²) in [6.45, 7) is 4.17. The first-order chi connectivity index (χ1) is 8.24. The summed E-state index contributed by atoms with van der Waals surface area (Å²) in [4.78, 5) is 10.7. The second-order valence-corrected chi connectivity index (χ2v) is 4.78. The Morgan fingerprint density at radius 1 is 1.47 bits per heavy atom. The largest absolute Gasteiger partial charge is 0.384 e. The zero-order chi connectivity index (χ0) is 12.1. The highest BCUT2D eigenvalue weighted by atomic mass is 15.1. The molecule has 1 aromatic heterocycles. The van der Waals surface area contributed by atoms with Gasteiger partial charge in [0.1, 0.15) is 11.6 Å². The predicted octanol–water partition coefficient (Wildman–Crippen LogP) is 0.490. The van der Waals surface area contributed by atoms with Gasteiger partial charge in [-0.1, -0.05) is 0 Å². The van der Waals surface area contributed by atoms with Gasteiger partial charge in [-0.25, -0.2) is 9.97 Å². The molecule has 0 aliphatic carbocycles. The quantitative estimate of drug-likeness (QED) is 0.795. The topological polar surface area (TPSA) is 67.1 Å². The zero-order valence-corrected chi connectivity index (χ0v) is 10.4. The predicted molar refractivity (Wildman–Crippen MR) is 68.4 cm³/mol. The molecule has 94 valence electrons. The zero-order valence-electron chi connectivity index (χ0n) is 10.4. The highest BCUT2D eigenvalue weighted by Gasteiger charge is 2.15. The van der Waals surface area contributed by atoms with Crippen LogP contribution >= 0.6 is 0 Å². The van der Waals surface area contributed by atoms with Gasteiger partial charge >= 0.3 is 0 Å². The molecule has 0 radical (unpaired) electrons. The summed E-state index contributed by atoms with van der Waals surface area (Å²) in [6, 6.07) is 1.71. The molecular weight excluding hydrogens is 214 g/mol. The van der Waals surface area contributed by atoms with Crippen molar-refractivity contribution in [3.05, 3.63) is 18.1 Å². The van der Waals surface area contributed by atoms with Gasteiger partial charge in [-0.2, -0.15) is 0 Å². The third-order valence-corrected chi connectivity index (χ3v) is 3.28. The maximum absolute atomic E-state index is 5.60. The lowest BCUT2D eigenvalue weighted by Gasteiger charge is -2.28. The molecule has 0 bridgehead atoms. The van der Waals surface area contributed by atoms with Crippen LogP contribution in [0, 0.1) is 5.92 Å². The van der Waals surface area contributed by atoms with E-state index in [0.717, 1.165) is 18.3 Å². The fourth-order valence-electron chi connectivity index (χ4n) is 2.15. The van der Waals surface area contributed by atoms with E-state index in [2.05, 4.69) is 27.2 Å². The van der Waals surface area contributed by atoms with Crippen molar-refractivity contribution < 1.29 is 0 Å². The van der Waals surface area contributed by atoms with E-state index in [0.29, 0.717) is 12.4 Å². The van der Waals surface area contributed by atoms with Crippen LogP contribution in [0.5, 0.6) is 0 Å². The lowest BCUT2D eigenvalue weighted by atomic mass is 9.97. The minimum absolute atomic E-state index is 0.538. The van der Waals surface area contributed by atoms with E-state index in [4.69, 9.17) is 5.73 Å². The molecule has 0 aromatic carbocycles. The Morgan fingerprint density at radius 2 is 2.24 bits per heavy atom. The number of rotatable bonds is 4. The van der Waals surface area contributed by atoms with Crippen molar-refractivity contribution in [3.63, 3.8) is 0 Å². The SMILES string of the molecule is CN1CCC(CNCc2nccc(N)n2)CC1. The molecule has 0 amide bonds. The number of piperidine rings is 1. The van der Waals surface area contributed by atoms with E-state index in [1.54, 1.807) is 12.3 Å². The monoisotopic (exact) mass is 235 g/mol. The molecule has 1 aliphatic rings. The third-order valence-electron chi connectivity index (χ3n) is 3.28. The summed E-state index contributed by atoms with van der Waals surface area (Å²) in [5, 5.41) is 3.41. The Bertz CT molecular complexity index is 347. The molecule has 0 saturated carbocycles. The van der Waals surface area contributed by atoms with Crippen molar-refractivity contribution in [1.82, 2.24) is 20.2 Å². The molecule has 1 aromatic rings. The Hall–Kier alpha value is -1.20. The van der Waals surface area contributed by atoms with Crippen molar-refractivity contribution in [3.8, 4) is 0 Å². The van der Waals surface area contributed by atoms with Gasteiger partial charge in [-0.15, -0.1) is 0 Å². The van der Waals surface area contributed by atoms with E-state index in [-0.39, 0.29) is 0 Å². The first-order valence-electron chi connectivity index (χ1n) is 6.20. The van der Waals surface area contributed by atoms with Gasteiger partial charge in [0.15, 0.2) is 0 Å². The lowest BCUT2D eigenvalue weighted by molar-refractivity contribution is 0.215. The van der Waals surface area contributed by atoms with Crippen LogP contribution in [-0.2, 0) is 6.54 Å². The molecule has 1 fully saturated rings. The molecule has 1 saturated heterocycles. The number of nitrogens with zero attached hydrogens (tertiary/aromatic N) is 3. The van der Waals surface area contributed by atoms with Crippen LogP contribution in [0.2, 0.25) is 0 Å². The molecule has 0 atom stereocenters. The second-order valence-electron chi connectivity index (χ2n) is 4.78. The molecule has 1 aliphatic heterocycles. The van der Waals surface area contributed by atoms with Gasteiger partial charge < -0.3 is 16.0 Å². The van der Waals surface area contributed by atoms with Crippen molar-refractivity contribution >= 4 is 5.82 Å². The molecule has 5 nitrogen and oxygen atoms in total. The first kappa shape index (κ1) is 12.3. The van der Waals surface area contributed by atoms with Crippen molar-refractivity contribution in [2.75, 3.05) is 32.4 Å². The average Bonchev–Trinajstić information content (AvgIpc) is 2.32. The Labute approximate surface area is 102 Å². The highest BCUT2D eigenvalue weighted by Crippen LogP contribution is 2.14. The number of hydrogen-bond acceptors (Lipinski definition) is 5. The number of nitrogens with two attached hydrogens (primary N) is 1. The molecular formula is C12H21N5. The number of nitrogen functional groups attached to an aromatic ring is 1. The van der Waals surface area contributed by atoms with Crippen LogP contribution in [0.15, 0.2) is 12.3 Å². The van der Waals surface area contributed by atoms with E-state index in [1.807, 2.05) is 0 Å². The fourth-order valence-corrected chi connectivity index (χ4v) is 2.15. The normalized spacial score (nSPS) is 18.4. The van der Waals surface area contributed by atoms with E-state index in [9.17, 15) is 0 Å². The maximum atomic E-state index is 5.60. The lowest BCUT2D eigenvalue weighted by Crippen LogP contribution is -2.35. The summed E-state index contributed by atoms with van der Waals surface area (Å²) >= 11 is 0. The number of aromatic nitrogens is 2. The van der Waals surface area contributed by atoms with Crippen LogP contribution in [0.25, 0.3) is 0 Å². The highest BCUT2D eigenvalue weighted by molar-refractivity contribution is 5.24. The van der Waals surface area contributed by atoms with Crippen LogP contribution in [0.4, 0.5) is 5.82 Å². The number of nitrogens with one attached hydrogen (secondary N) is 1. The first-order valence-corrected chi connectivity index (χ1v) is 6.20. The van der Waals surface area contributed by atoms with Crippen LogP contribution in [0.1, 0.15) is 18.7 Å². The van der Waals surface area contributed by atoms with Gasteiger partial charge in [0, 0.05) is 6.20 Å². The number of anilines is 1. The average molecular weight is 235 g/mol. The fraction of sp³-hybridized carbons (Fsp3) is 0.667. The summed E-state index contributed by atoms with van der Waals surface area (Å²) in [7, 11) is 2.18. The third kappa shape index (κ3) is 3.94. The summed E-state index contributed by atoms with van der Waals surface area (Å²) < 4.78 is 0.